The maximum Gasteiger partial charge on any atom is 0.302 e. The summed E-state index contributed by atoms with van der Waals surface area (Å²) in [5, 5.41) is 0. The number of allylic oxidation sites excluding steroid dienone is 4. The summed E-state index contributed by atoms with van der Waals surface area (Å²) in [6.45, 7) is 7.76. The molecule has 6 heteroatoms. The number of likely N-dealkylation sites (N-methyl/N-ethyl adjacent to an activating group) is 1. The molecule has 3 fully saturated rings. The highest BCUT2D eigenvalue weighted by atomic mass is 16.5. The number of hydrogen-bond donors (Lipinski definition) is 0. The van der Waals surface area contributed by atoms with Gasteiger partial charge in [0.1, 0.15) is 6.10 Å². The lowest BCUT2D eigenvalue weighted by molar-refractivity contribution is -0.154. The fourth-order valence-corrected chi connectivity index (χ4v) is 9.38. The van der Waals surface area contributed by atoms with Gasteiger partial charge >= 0.3 is 5.97 Å². The summed E-state index contributed by atoms with van der Waals surface area (Å²) in [5.41, 5.74) is 4.66. The lowest BCUT2D eigenvalue weighted by Crippen LogP contribution is -2.47. The van der Waals surface area contributed by atoms with Crippen molar-refractivity contribution < 1.29 is 19.1 Å². The zero-order chi connectivity index (χ0) is 29.7. The highest BCUT2D eigenvalue weighted by Crippen LogP contribution is 2.63. The van der Waals surface area contributed by atoms with Crippen LogP contribution in [0.5, 0.6) is 0 Å². The second kappa shape index (κ2) is 14.2. The van der Waals surface area contributed by atoms with E-state index in [0.717, 1.165) is 71.1 Å². The number of esters is 1. The molecule has 0 spiro atoms. The van der Waals surface area contributed by atoms with Crippen LogP contribution in [0.3, 0.4) is 0 Å². The Morgan fingerprint density at radius 1 is 0.905 bits per heavy atom. The maximum atomic E-state index is 12.4. The molecule has 1 heterocycles. The minimum absolute atomic E-state index is 0.0516. The van der Waals surface area contributed by atoms with Crippen LogP contribution in [0, 0.1) is 23.2 Å². The van der Waals surface area contributed by atoms with Gasteiger partial charge in [-0.3, -0.25) is 14.4 Å². The monoisotopic (exact) mass is 580 g/mol. The molecule has 0 radical (unpaired) electrons. The highest BCUT2D eigenvalue weighted by molar-refractivity contribution is 5.93. The first-order chi connectivity index (χ1) is 20.3. The van der Waals surface area contributed by atoms with E-state index >= 15 is 0 Å². The molecule has 5 aliphatic rings. The number of ether oxygens (including phenoxy) is 1. The van der Waals surface area contributed by atoms with Crippen LogP contribution in [0.1, 0.15) is 123 Å². The van der Waals surface area contributed by atoms with Gasteiger partial charge < -0.3 is 14.5 Å². The van der Waals surface area contributed by atoms with Crippen LogP contribution in [0.4, 0.5) is 0 Å². The number of nitrogens with zero attached hydrogens (tertiary/aromatic N) is 2. The molecule has 2 saturated carbocycles. The van der Waals surface area contributed by atoms with Crippen LogP contribution in [-0.2, 0) is 19.1 Å². The highest BCUT2D eigenvalue weighted by Gasteiger charge is 2.57. The van der Waals surface area contributed by atoms with Crippen molar-refractivity contribution in [2.24, 2.45) is 23.2 Å². The molecule has 5 atom stereocenters. The number of fused-ring (bicyclic) bond motifs is 4. The first-order valence-corrected chi connectivity index (χ1v) is 17.4. The van der Waals surface area contributed by atoms with Gasteiger partial charge in [0.15, 0.2) is 5.78 Å². The zero-order valence-corrected chi connectivity index (χ0v) is 26.8. The van der Waals surface area contributed by atoms with Crippen molar-refractivity contribution in [1.29, 1.82) is 0 Å². The summed E-state index contributed by atoms with van der Waals surface area (Å²) < 4.78 is 5.94. The van der Waals surface area contributed by atoms with Crippen molar-refractivity contribution in [3.05, 3.63) is 22.8 Å². The number of amides is 1. The molecule has 1 aliphatic heterocycles. The summed E-state index contributed by atoms with van der Waals surface area (Å²) in [6, 6.07) is 0. The summed E-state index contributed by atoms with van der Waals surface area (Å²) in [4.78, 5) is 41.0. The van der Waals surface area contributed by atoms with E-state index in [2.05, 4.69) is 18.9 Å². The number of hydrogen-bond acceptors (Lipinski definition) is 5. The molecule has 0 bridgehead atoms. The molecule has 42 heavy (non-hydrogen) atoms. The van der Waals surface area contributed by atoms with Crippen molar-refractivity contribution in [2.75, 3.05) is 33.2 Å². The molecule has 0 aromatic heterocycles. The second-order valence-corrected chi connectivity index (χ2v) is 14.5. The third-order valence-electron chi connectivity index (χ3n) is 11.6. The Labute approximate surface area is 254 Å². The average Bonchev–Trinajstić information content (AvgIpc) is 3.28. The van der Waals surface area contributed by atoms with E-state index in [1.165, 1.54) is 56.9 Å². The van der Waals surface area contributed by atoms with E-state index in [1.807, 2.05) is 11.0 Å². The Morgan fingerprint density at radius 2 is 1.60 bits per heavy atom. The minimum Gasteiger partial charge on any atom is -0.462 e. The van der Waals surface area contributed by atoms with Crippen LogP contribution in [0.2, 0.25) is 0 Å². The second-order valence-electron chi connectivity index (χ2n) is 14.5. The van der Waals surface area contributed by atoms with E-state index in [4.69, 9.17) is 4.74 Å². The minimum atomic E-state index is -0.135. The summed E-state index contributed by atoms with van der Waals surface area (Å²) in [7, 11) is 2.13. The molecular weight excluding hydrogens is 524 g/mol. The molecule has 234 valence electrons. The Bertz CT molecular complexity index is 1050. The quantitative estimate of drug-likeness (QED) is 0.183. The van der Waals surface area contributed by atoms with Crippen LogP contribution in [0.25, 0.3) is 0 Å². The fraction of sp³-hybridized carbons (Fsp3) is 0.806. The molecule has 1 amide bonds. The van der Waals surface area contributed by atoms with E-state index < -0.39 is 0 Å². The number of unbranched alkanes of at least 4 members (excludes halogenated alkanes) is 7. The van der Waals surface area contributed by atoms with Gasteiger partial charge in [0, 0.05) is 51.4 Å². The average molecular weight is 581 g/mol. The van der Waals surface area contributed by atoms with E-state index in [1.54, 1.807) is 18.1 Å². The first-order valence-electron chi connectivity index (χ1n) is 17.4. The third-order valence-corrected chi connectivity index (χ3v) is 11.6. The predicted octanol–water partition coefficient (Wildman–Crippen LogP) is 7.03. The molecule has 0 aromatic carbocycles. The first kappa shape index (κ1) is 31.5. The number of carbonyl (C=O) groups excluding carboxylic acids is 3. The van der Waals surface area contributed by atoms with Gasteiger partial charge in [-0.05, 0) is 93.4 Å². The summed E-state index contributed by atoms with van der Waals surface area (Å²) in [6.07, 6.45) is 20.9. The van der Waals surface area contributed by atoms with E-state index in [9.17, 15) is 14.4 Å². The van der Waals surface area contributed by atoms with Crippen LogP contribution < -0.4 is 0 Å². The Balaban J connectivity index is 1.08. The van der Waals surface area contributed by atoms with Crippen LogP contribution in [0.15, 0.2) is 22.8 Å². The summed E-state index contributed by atoms with van der Waals surface area (Å²) in [5.74, 6) is 2.26. The smallest absolute Gasteiger partial charge is 0.302 e. The molecule has 0 aromatic rings. The lowest BCUT2D eigenvalue weighted by Gasteiger charge is -2.52. The SMILES string of the molecule is CC(=O)O[C@H]1CC[C@H]2[C@@H]3CCC4=CC(=O)CCC4=C3[C@@H](CCCCCCCCCCC(=O)N3CCN(C)CC3)C[C@]12C. The van der Waals surface area contributed by atoms with Gasteiger partial charge in [-0.2, -0.15) is 0 Å². The number of carbonyl (C=O) groups is 3. The Kier molecular flexibility index (Phi) is 10.7. The van der Waals surface area contributed by atoms with Gasteiger partial charge in [0.2, 0.25) is 5.91 Å². The fourth-order valence-electron chi connectivity index (χ4n) is 9.38. The predicted molar refractivity (Wildman–Crippen MR) is 167 cm³/mol. The van der Waals surface area contributed by atoms with Gasteiger partial charge in [-0.15, -0.1) is 0 Å². The Hall–Kier alpha value is -1.95. The van der Waals surface area contributed by atoms with Gasteiger partial charge in [-0.1, -0.05) is 57.4 Å². The molecule has 0 N–H and O–H groups in total. The van der Waals surface area contributed by atoms with Gasteiger partial charge in [-0.25, -0.2) is 0 Å². The van der Waals surface area contributed by atoms with E-state index in [-0.39, 0.29) is 17.5 Å². The Morgan fingerprint density at radius 3 is 2.31 bits per heavy atom. The largest absolute Gasteiger partial charge is 0.462 e. The molecule has 1 saturated heterocycles. The number of rotatable bonds is 12. The van der Waals surface area contributed by atoms with Crippen LogP contribution in [-0.4, -0.2) is 66.8 Å². The number of ketones is 1. The lowest BCUT2D eigenvalue weighted by atomic mass is 9.53. The third kappa shape index (κ3) is 7.22. The summed E-state index contributed by atoms with van der Waals surface area (Å²) >= 11 is 0. The number of piperazine rings is 1. The van der Waals surface area contributed by atoms with Crippen molar-refractivity contribution >= 4 is 17.7 Å². The molecule has 5 rings (SSSR count). The molecule has 0 unspecified atom stereocenters. The standard InChI is InChI=1S/C36H56N2O4/c1-26(39)42-33-19-18-32-31-16-14-27-24-29(40)15-17-30(27)35(31)28(25-36(32,33)2)12-10-8-6-4-5-7-9-11-13-34(41)38-22-20-37(3)21-23-38/h24,28,31-33H,4-23,25H2,1-3H3/t28-,31-,32-,33-,36-/m0/s1. The topological polar surface area (TPSA) is 66.9 Å². The molecule has 4 aliphatic carbocycles. The van der Waals surface area contributed by atoms with Crippen molar-refractivity contribution in [1.82, 2.24) is 9.80 Å². The van der Waals surface area contributed by atoms with Crippen LogP contribution >= 0.6 is 0 Å². The van der Waals surface area contributed by atoms with Crippen molar-refractivity contribution in [3.8, 4) is 0 Å². The van der Waals surface area contributed by atoms with Gasteiger partial charge in [0.25, 0.3) is 0 Å². The van der Waals surface area contributed by atoms with Gasteiger partial charge in [0.05, 0.1) is 0 Å². The normalized spacial score (nSPS) is 31.4. The molecule has 6 nitrogen and oxygen atoms in total. The maximum absolute atomic E-state index is 12.4. The van der Waals surface area contributed by atoms with Crippen molar-refractivity contribution in [3.63, 3.8) is 0 Å². The zero-order valence-electron chi connectivity index (χ0n) is 26.8. The van der Waals surface area contributed by atoms with Crippen molar-refractivity contribution in [2.45, 2.75) is 129 Å². The molecular formula is C36H56N2O4. The van der Waals surface area contributed by atoms with E-state index in [0.29, 0.717) is 42.3 Å².